The van der Waals surface area contributed by atoms with E-state index in [9.17, 15) is 9.18 Å². The van der Waals surface area contributed by atoms with Gasteiger partial charge in [0.1, 0.15) is 11.2 Å². The molecule has 2 nitrogen and oxygen atoms in total. The van der Waals surface area contributed by atoms with Crippen molar-refractivity contribution in [3.8, 4) is 0 Å². The zero-order chi connectivity index (χ0) is 11.0. The molecular formula is C11H12FNOS. The highest BCUT2D eigenvalue weighted by molar-refractivity contribution is 8.01. The molecular weight excluding hydrogens is 213 g/mol. The Labute approximate surface area is 92.5 Å². The fraction of sp³-hybridized carbons (Fsp3) is 0.364. The highest BCUT2D eigenvalue weighted by atomic mass is 32.2. The van der Waals surface area contributed by atoms with Crippen molar-refractivity contribution < 1.29 is 9.18 Å². The Bertz CT molecular complexity index is 396. The number of carbonyl (C=O) groups excluding carboxylic acids is 1. The molecule has 0 radical (unpaired) electrons. The van der Waals surface area contributed by atoms with Crippen molar-refractivity contribution in [3.63, 3.8) is 0 Å². The van der Waals surface area contributed by atoms with Crippen molar-refractivity contribution in [1.82, 2.24) is 4.90 Å². The fourth-order valence-electron chi connectivity index (χ4n) is 1.71. The number of carbonyl (C=O) groups is 1. The summed E-state index contributed by atoms with van der Waals surface area (Å²) in [4.78, 5) is 13.3. The molecule has 0 spiro atoms. The molecule has 1 heterocycles. The van der Waals surface area contributed by atoms with Crippen molar-refractivity contribution in [3.05, 3.63) is 35.6 Å². The van der Waals surface area contributed by atoms with E-state index < -0.39 is 0 Å². The lowest BCUT2D eigenvalue weighted by atomic mass is 10.2. The van der Waals surface area contributed by atoms with Crippen LogP contribution in [0.5, 0.6) is 0 Å². The number of rotatable bonds is 1. The van der Waals surface area contributed by atoms with Crippen molar-refractivity contribution in [2.24, 2.45) is 0 Å². The Balaban J connectivity index is 2.29. The van der Waals surface area contributed by atoms with Gasteiger partial charge in [0.05, 0.1) is 5.25 Å². The minimum Gasteiger partial charge on any atom is -0.329 e. The molecule has 1 aromatic carbocycles. The predicted octanol–water partition coefficient (Wildman–Crippen LogP) is 2.42. The zero-order valence-corrected chi connectivity index (χ0v) is 9.42. The number of hydrogen-bond acceptors (Lipinski definition) is 2. The zero-order valence-electron chi connectivity index (χ0n) is 8.61. The summed E-state index contributed by atoms with van der Waals surface area (Å²) in [7, 11) is 1.76. The molecule has 1 aliphatic rings. The molecule has 1 amide bonds. The number of hydrogen-bond donors (Lipinski definition) is 0. The van der Waals surface area contributed by atoms with Crippen molar-refractivity contribution in [2.45, 2.75) is 17.5 Å². The lowest BCUT2D eigenvalue weighted by Crippen LogP contribution is -2.25. The van der Waals surface area contributed by atoms with Gasteiger partial charge in [0.25, 0.3) is 0 Å². The van der Waals surface area contributed by atoms with Crippen LogP contribution in [0.2, 0.25) is 0 Å². The summed E-state index contributed by atoms with van der Waals surface area (Å²) < 4.78 is 13.0. The van der Waals surface area contributed by atoms with E-state index in [-0.39, 0.29) is 22.3 Å². The molecule has 1 aromatic rings. The molecule has 1 aliphatic heterocycles. The summed E-state index contributed by atoms with van der Waals surface area (Å²) in [6, 6.07) is 6.42. The Morgan fingerprint density at radius 1 is 1.47 bits per heavy atom. The number of amides is 1. The molecule has 0 aromatic heterocycles. The molecule has 1 fully saturated rings. The van der Waals surface area contributed by atoms with Crippen molar-refractivity contribution >= 4 is 17.7 Å². The topological polar surface area (TPSA) is 20.3 Å². The maximum Gasteiger partial charge on any atom is 0.236 e. The normalized spacial score (nSPS) is 26.1. The quantitative estimate of drug-likeness (QED) is 0.731. The molecule has 15 heavy (non-hydrogen) atoms. The molecule has 2 atom stereocenters. The molecule has 0 bridgehead atoms. The van der Waals surface area contributed by atoms with Gasteiger partial charge in [-0.25, -0.2) is 4.39 Å². The summed E-state index contributed by atoms with van der Waals surface area (Å²) in [5.41, 5.74) is 0.847. The molecule has 2 unspecified atom stereocenters. The van der Waals surface area contributed by atoms with Crippen LogP contribution in [-0.2, 0) is 4.79 Å². The number of thioether (sulfide) groups is 1. The van der Waals surface area contributed by atoms with Gasteiger partial charge in [-0.05, 0) is 24.6 Å². The first-order valence-electron chi connectivity index (χ1n) is 4.77. The lowest BCUT2D eigenvalue weighted by Gasteiger charge is -2.18. The highest BCUT2D eigenvalue weighted by Crippen LogP contribution is 2.41. The fourth-order valence-corrected chi connectivity index (χ4v) is 2.97. The van der Waals surface area contributed by atoms with Crippen LogP contribution < -0.4 is 0 Å². The van der Waals surface area contributed by atoms with Gasteiger partial charge in [-0.2, -0.15) is 0 Å². The molecule has 0 aliphatic carbocycles. The van der Waals surface area contributed by atoms with Gasteiger partial charge in [0.15, 0.2) is 0 Å². The van der Waals surface area contributed by atoms with Gasteiger partial charge in [-0.1, -0.05) is 12.1 Å². The number of halogens is 1. The second-order valence-electron chi connectivity index (χ2n) is 3.63. The monoisotopic (exact) mass is 225 g/mol. The molecule has 2 rings (SSSR count). The van der Waals surface area contributed by atoms with E-state index in [0.717, 1.165) is 5.56 Å². The van der Waals surface area contributed by atoms with E-state index >= 15 is 0 Å². The Morgan fingerprint density at radius 3 is 2.73 bits per heavy atom. The maximum atomic E-state index is 13.0. The third-order valence-corrected chi connectivity index (χ3v) is 3.97. The summed E-state index contributed by atoms with van der Waals surface area (Å²) in [6.45, 7) is 1.88. The lowest BCUT2D eigenvalue weighted by molar-refractivity contribution is -0.128. The maximum absolute atomic E-state index is 13.0. The average molecular weight is 225 g/mol. The summed E-state index contributed by atoms with van der Waals surface area (Å²) >= 11 is 1.55. The van der Waals surface area contributed by atoms with Crippen LogP contribution in [0.4, 0.5) is 4.39 Å². The first-order valence-corrected chi connectivity index (χ1v) is 5.71. The van der Waals surface area contributed by atoms with E-state index in [1.807, 2.05) is 13.0 Å². The van der Waals surface area contributed by atoms with Crippen molar-refractivity contribution in [2.75, 3.05) is 7.05 Å². The molecule has 0 N–H and O–H groups in total. The first-order chi connectivity index (χ1) is 7.09. The molecule has 4 heteroatoms. The van der Waals surface area contributed by atoms with E-state index in [4.69, 9.17) is 0 Å². The van der Waals surface area contributed by atoms with Crippen LogP contribution in [-0.4, -0.2) is 23.1 Å². The summed E-state index contributed by atoms with van der Waals surface area (Å²) in [5, 5.41) is -0.0912. The smallest absolute Gasteiger partial charge is 0.236 e. The number of benzene rings is 1. The minimum absolute atomic E-state index is 0.0386. The largest absolute Gasteiger partial charge is 0.329 e. The average Bonchev–Trinajstić information content (AvgIpc) is 2.46. The minimum atomic E-state index is -0.256. The van der Waals surface area contributed by atoms with E-state index in [1.54, 1.807) is 29.8 Å². The summed E-state index contributed by atoms with van der Waals surface area (Å²) in [6.07, 6.45) is 0. The standard InChI is InChI=1S/C11H12FNOS/c1-7-10(14)13(2)11(15-7)8-4-3-5-9(12)6-8/h3-7,11H,1-2H3. The highest BCUT2D eigenvalue weighted by Gasteiger charge is 2.35. The van der Waals surface area contributed by atoms with E-state index in [2.05, 4.69) is 0 Å². The van der Waals surface area contributed by atoms with Crippen LogP contribution in [0.25, 0.3) is 0 Å². The predicted molar refractivity (Wildman–Crippen MR) is 59.0 cm³/mol. The first kappa shape index (κ1) is 10.5. The molecule has 0 saturated carbocycles. The van der Waals surface area contributed by atoms with Crippen molar-refractivity contribution in [1.29, 1.82) is 0 Å². The van der Waals surface area contributed by atoms with Gasteiger partial charge in [-0.15, -0.1) is 11.8 Å². The van der Waals surface area contributed by atoms with Crippen LogP contribution in [0.15, 0.2) is 24.3 Å². The van der Waals surface area contributed by atoms with E-state index in [0.29, 0.717) is 0 Å². The van der Waals surface area contributed by atoms with E-state index in [1.165, 1.54) is 12.1 Å². The second kappa shape index (κ2) is 3.85. The van der Waals surface area contributed by atoms with Gasteiger partial charge in [-0.3, -0.25) is 4.79 Å². The van der Waals surface area contributed by atoms with Crippen LogP contribution in [0, 0.1) is 5.82 Å². The molecule has 80 valence electrons. The third kappa shape index (κ3) is 1.86. The third-order valence-electron chi connectivity index (χ3n) is 2.51. The Morgan fingerprint density at radius 2 is 2.20 bits per heavy atom. The van der Waals surface area contributed by atoms with Gasteiger partial charge in [0.2, 0.25) is 5.91 Å². The Kier molecular flexibility index (Phi) is 2.69. The Hall–Kier alpha value is -1.03. The summed E-state index contributed by atoms with van der Waals surface area (Å²) in [5.74, 6) is -0.150. The van der Waals surface area contributed by atoms with Crippen LogP contribution in [0.3, 0.4) is 0 Å². The SMILES string of the molecule is CC1SC(c2cccc(F)c2)N(C)C1=O. The van der Waals surface area contributed by atoms with Crippen LogP contribution >= 0.6 is 11.8 Å². The van der Waals surface area contributed by atoms with Gasteiger partial charge < -0.3 is 4.90 Å². The number of nitrogens with zero attached hydrogens (tertiary/aromatic N) is 1. The van der Waals surface area contributed by atoms with Gasteiger partial charge in [0, 0.05) is 7.05 Å². The van der Waals surface area contributed by atoms with Gasteiger partial charge >= 0.3 is 0 Å². The second-order valence-corrected chi connectivity index (χ2v) is 5.06. The van der Waals surface area contributed by atoms with Crippen LogP contribution in [0.1, 0.15) is 17.9 Å². The molecule has 1 saturated heterocycles.